The van der Waals surface area contributed by atoms with Crippen molar-refractivity contribution < 1.29 is 17.9 Å². The van der Waals surface area contributed by atoms with Crippen LogP contribution in [0.15, 0.2) is 18.5 Å². The lowest BCUT2D eigenvalue weighted by molar-refractivity contribution is -0.145. The maximum atomic E-state index is 12.7. The summed E-state index contributed by atoms with van der Waals surface area (Å²) in [6.45, 7) is 4.53. The fraction of sp³-hybridized carbons (Fsp3) is 0.500. The van der Waals surface area contributed by atoms with Crippen molar-refractivity contribution in [3.63, 3.8) is 0 Å². The van der Waals surface area contributed by atoms with Gasteiger partial charge in [-0.3, -0.25) is 0 Å². The molecule has 1 aliphatic carbocycles. The van der Waals surface area contributed by atoms with E-state index in [4.69, 9.17) is 9.72 Å². The monoisotopic (exact) mass is 433 g/mol. The van der Waals surface area contributed by atoms with Gasteiger partial charge in [0, 0.05) is 44.7 Å². The summed E-state index contributed by atoms with van der Waals surface area (Å²) in [5.74, 6) is 0.588. The number of hydrogen-bond donors (Lipinski definition) is 1. The molecule has 8 nitrogen and oxygen atoms in total. The van der Waals surface area contributed by atoms with Crippen LogP contribution in [0.25, 0.3) is 11.0 Å². The number of alkyl halides is 3. The zero-order chi connectivity index (χ0) is 21.9. The summed E-state index contributed by atoms with van der Waals surface area (Å²) in [6, 6.07) is 2.49. The molecule has 0 bridgehead atoms. The first-order valence-electron chi connectivity index (χ1n) is 10.1. The fourth-order valence-electron chi connectivity index (χ4n) is 4.17. The van der Waals surface area contributed by atoms with Crippen LogP contribution in [0.2, 0.25) is 0 Å². The third-order valence-electron chi connectivity index (χ3n) is 5.83. The fourth-order valence-corrected chi connectivity index (χ4v) is 4.17. The molecule has 11 heteroatoms. The highest BCUT2D eigenvalue weighted by Gasteiger charge is 2.36. The molecule has 1 N–H and O–H groups in total. The zero-order valence-corrected chi connectivity index (χ0v) is 17.3. The molecule has 1 fully saturated rings. The normalized spacial score (nSPS) is 23.0. The van der Waals surface area contributed by atoms with E-state index in [2.05, 4.69) is 36.7 Å². The quantitative estimate of drug-likeness (QED) is 0.674. The standard InChI is InChI=1S/C20H22F3N7O/c1-10-9-29(3)17-16-14(4-5-30(10)16)27-19(28-17)26-12-6-13(7-12)31-15-8-24-18(20(21,22)23)25-11(15)2/h4-5,8,10,12-13H,6-7,9H2,1-3H3,(H,26,27,28)/t10-,12-,13-/m1/s1. The van der Waals surface area contributed by atoms with Crippen LogP contribution in [0.4, 0.5) is 24.9 Å². The van der Waals surface area contributed by atoms with Gasteiger partial charge in [0.15, 0.2) is 11.6 Å². The van der Waals surface area contributed by atoms with Crippen molar-refractivity contribution in [2.24, 2.45) is 0 Å². The third-order valence-corrected chi connectivity index (χ3v) is 5.83. The van der Waals surface area contributed by atoms with E-state index in [1.165, 1.54) is 6.92 Å². The molecule has 0 aromatic carbocycles. The molecule has 5 rings (SSSR count). The van der Waals surface area contributed by atoms with E-state index >= 15 is 0 Å². The van der Waals surface area contributed by atoms with E-state index in [0.717, 1.165) is 29.6 Å². The molecule has 0 spiro atoms. The number of nitrogens with zero attached hydrogens (tertiary/aromatic N) is 6. The second-order valence-electron chi connectivity index (χ2n) is 8.25. The van der Waals surface area contributed by atoms with E-state index < -0.39 is 12.0 Å². The number of halogens is 3. The van der Waals surface area contributed by atoms with Gasteiger partial charge in [0.2, 0.25) is 11.8 Å². The Morgan fingerprint density at radius 2 is 1.97 bits per heavy atom. The number of ether oxygens (including phenoxy) is 1. The minimum Gasteiger partial charge on any atom is -0.487 e. The first-order chi connectivity index (χ1) is 14.7. The Labute approximate surface area is 176 Å². The van der Waals surface area contributed by atoms with Crippen molar-refractivity contribution >= 4 is 22.8 Å². The summed E-state index contributed by atoms with van der Waals surface area (Å²) in [4.78, 5) is 18.4. The number of hydrogen-bond acceptors (Lipinski definition) is 7. The van der Waals surface area contributed by atoms with Gasteiger partial charge in [0.1, 0.15) is 11.6 Å². The van der Waals surface area contributed by atoms with Crippen molar-refractivity contribution in [3.8, 4) is 5.75 Å². The molecular weight excluding hydrogens is 411 g/mol. The van der Waals surface area contributed by atoms with Crippen molar-refractivity contribution in [1.82, 2.24) is 24.5 Å². The summed E-state index contributed by atoms with van der Waals surface area (Å²) >= 11 is 0. The van der Waals surface area contributed by atoms with Gasteiger partial charge < -0.3 is 19.5 Å². The van der Waals surface area contributed by atoms with Gasteiger partial charge in [0.05, 0.1) is 17.4 Å². The summed E-state index contributed by atoms with van der Waals surface area (Å²) < 4.78 is 46.1. The predicted molar refractivity (Wildman–Crippen MR) is 108 cm³/mol. The molecule has 0 radical (unpaired) electrons. The third kappa shape index (κ3) is 3.51. The highest BCUT2D eigenvalue weighted by atomic mass is 19.4. The molecule has 0 unspecified atom stereocenters. The Hall–Kier alpha value is -3.11. The number of anilines is 2. The molecule has 2 aliphatic rings. The second kappa shape index (κ2) is 6.96. The van der Waals surface area contributed by atoms with Gasteiger partial charge in [-0.25, -0.2) is 15.0 Å². The SMILES string of the molecule is Cc1nc(C(F)(F)F)ncc1O[C@H]1C[C@H](Nc2nc3c4c(ccn4[C@H](C)CN3C)n2)C1. The Kier molecular flexibility index (Phi) is 4.45. The molecule has 1 saturated carbocycles. The van der Waals surface area contributed by atoms with Crippen LogP contribution in [0.1, 0.15) is 37.3 Å². The number of aryl methyl sites for hydroxylation is 1. The zero-order valence-electron chi connectivity index (χ0n) is 17.3. The minimum absolute atomic E-state index is 0.122. The van der Waals surface area contributed by atoms with Crippen LogP contribution < -0.4 is 15.0 Å². The predicted octanol–water partition coefficient (Wildman–Crippen LogP) is 3.58. The number of rotatable bonds is 4. The van der Waals surface area contributed by atoms with Crippen LogP contribution in [-0.2, 0) is 6.18 Å². The summed E-state index contributed by atoms with van der Waals surface area (Å²) in [5, 5.41) is 3.35. The van der Waals surface area contributed by atoms with Gasteiger partial charge in [-0.15, -0.1) is 0 Å². The van der Waals surface area contributed by atoms with Gasteiger partial charge in [-0.2, -0.15) is 18.2 Å². The van der Waals surface area contributed by atoms with Gasteiger partial charge in [0.25, 0.3) is 0 Å². The largest absolute Gasteiger partial charge is 0.487 e. The van der Waals surface area contributed by atoms with E-state index in [1.54, 1.807) is 0 Å². The van der Waals surface area contributed by atoms with Gasteiger partial charge in [-0.1, -0.05) is 0 Å². The van der Waals surface area contributed by atoms with Crippen molar-refractivity contribution in [2.75, 3.05) is 23.8 Å². The molecule has 3 aromatic heterocycles. The van der Waals surface area contributed by atoms with E-state index in [0.29, 0.717) is 24.8 Å². The van der Waals surface area contributed by atoms with Gasteiger partial charge >= 0.3 is 6.18 Å². The van der Waals surface area contributed by atoms with Crippen LogP contribution in [0.3, 0.4) is 0 Å². The minimum atomic E-state index is -4.57. The molecule has 164 valence electrons. The van der Waals surface area contributed by atoms with Crippen LogP contribution in [-0.4, -0.2) is 50.2 Å². The Morgan fingerprint density at radius 1 is 1.19 bits per heavy atom. The molecule has 3 aromatic rings. The van der Waals surface area contributed by atoms with Crippen LogP contribution in [0, 0.1) is 6.92 Å². The van der Waals surface area contributed by atoms with Crippen molar-refractivity contribution in [3.05, 3.63) is 30.0 Å². The molecule has 0 amide bonds. The Bertz CT molecular complexity index is 1140. The summed E-state index contributed by atoms with van der Waals surface area (Å²) in [7, 11) is 2.03. The average Bonchev–Trinajstić information content (AvgIpc) is 3.09. The van der Waals surface area contributed by atoms with Crippen LogP contribution >= 0.6 is 0 Å². The average molecular weight is 433 g/mol. The van der Waals surface area contributed by atoms with Crippen LogP contribution in [0.5, 0.6) is 5.75 Å². The smallest absolute Gasteiger partial charge is 0.451 e. The van der Waals surface area contributed by atoms with Crippen molar-refractivity contribution in [2.45, 2.75) is 51.1 Å². The molecule has 0 saturated heterocycles. The van der Waals surface area contributed by atoms with E-state index in [9.17, 15) is 13.2 Å². The number of likely N-dealkylation sites (N-methyl/N-ethyl adjacent to an activating group) is 1. The maximum Gasteiger partial charge on any atom is 0.451 e. The van der Waals surface area contributed by atoms with Gasteiger partial charge in [-0.05, 0) is 19.9 Å². The first kappa shape index (κ1) is 19.8. The van der Waals surface area contributed by atoms with Crippen molar-refractivity contribution in [1.29, 1.82) is 0 Å². The summed E-state index contributed by atoms with van der Waals surface area (Å²) in [6.07, 6.45) is -0.178. The van der Waals surface area contributed by atoms with E-state index in [1.807, 2.05) is 19.3 Å². The Balaban J connectivity index is 1.24. The topological polar surface area (TPSA) is 81.0 Å². The molecular formula is C20H22F3N7O. The lowest BCUT2D eigenvalue weighted by Gasteiger charge is -2.36. The lowest BCUT2D eigenvalue weighted by Crippen LogP contribution is -2.43. The maximum absolute atomic E-state index is 12.7. The second-order valence-corrected chi connectivity index (χ2v) is 8.25. The lowest BCUT2D eigenvalue weighted by atomic mass is 9.89. The first-order valence-corrected chi connectivity index (χ1v) is 10.1. The van der Waals surface area contributed by atoms with E-state index in [-0.39, 0.29) is 23.6 Å². The molecule has 1 atom stereocenters. The highest BCUT2D eigenvalue weighted by Crippen LogP contribution is 2.35. The Morgan fingerprint density at radius 3 is 2.68 bits per heavy atom. The number of nitrogens with one attached hydrogen (secondary N) is 1. The molecule has 4 heterocycles. The number of aromatic nitrogens is 5. The molecule has 1 aliphatic heterocycles. The molecule has 31 heavy (non-hydrogen) atoms. The highest BCUT2D eigenvalue weighted by molar-refractivity contribution is 5.89. The summed E-state index contributed by atoms with van der Waals surface area (Å²) in [5.41, 5.74) is 2.11.